The molecule has 1 amide bonds. The highest BCUT2D eigenvalue weighted by atomic mass is 32.2. The first-order valence-corrected chi connectivity index (χ1v) is 9.43. The molecule has 1 fully saturated rings. The van der Waals surface area contributed by atoms with Gasteiger partial charge >= 0.3 is 12.1 Å². The van der Waals surface area contributed by atoms with E-state index in [1.807, 2.05) is 0 Å². The molecule has 0 radical (unpaired) electrons. The van der Waals surface area contributed by atoms with Gasteiger partial charge in [-0.25, -0.2) is 9.59 Å². The average molecular weight is 400 g/mol. The predicted octanol–water partition coefficient (Wildman–Crippen LogP) is 2.60. The molecule has 1 heterocycles. The van der Waals surface area contributed by atoms with E-state index in [4.69, 9.17) is 14.6 Å². The molecule has 1 aromatic carbocycles. The minimum absolute atomic E-state index is 0.143. The zero-order valence-electron chi connectivity index (χ0n) is 14.9. The number of rotatable bonds is 7. The van der Waals surface area contributed by atoms with Gasteiger partial charge in [0.15, 0.2) is 11.5 Å². The molecule has 1 saturated heterocycles. The van der Waals surface area contributed by atoms with Gasteiger partial charge in [-0.3, -0.25) is 10.1 Å². The smallest absolute Gasteiger partial charge is 0.407 e. The molecule has 0 spiro atoms. The number of carboxylic acid groups (broad SMARTS) is 1. The fourth-order valence-corrected chi connectivity index (χ4v) is 2.89. The van der Waals surface area contributed by atoms with Crippen LogP contribution in [0.15, 0.2) is 12.1 Å². The first-order chi connectivity index (χ1) is 12.9. The van der Waals surface area contributed by atoms with Gasteiger partial charge in [-0.1, -0.05) is 0 Å². The van der Waals surface area contributed by atoms with Crippen LogP contribution in [0.25, 0.3) is 0 Å². The number of hydrogen-bond donors (Lipinski definition) is 1. The molecule has 0 bridgehead atoms. The van der Waals surface area contributed by atoms with Gasteiger partial charge in [0.25, 0.3) is 5.69 Å². The van der Waals surface area contributed by atoms with Crippen molar-refractivity contribution in [2.45, 2.75) is 18.9 Å². The lowest BCUT2D eigenvalue weighted by atomic mass is 10.1. The number of nitro benzene ring substituents is 1. The summed E-state index contributed by atoms with van der Waals surface area (Å²) < 4.78 is 16.0. The Morgan fingerprint density at radius 3 is 2.52 bits per heavy atom. The molecule has 148 valence electrons. The lowest BCUT2D eigenvalue weighted by Crippen LogP contribution is -2.41. The van der Waals surface area contributed by atoms with Crippen molar-refractivity contribution < 1.29 is 33.8 Å². The van der Waals surface area contributed by atoms with Crippen LogP contribution in [0.2, 0.25) is 0 Å². The zero-order valence-corrected chi connectivity index (χ0v) is 15.7. The van der Waals surface area contributed by atoms with E-state index in [0.717, 1.165) is 13.2 Å². The first kappa shape index (κ1) is 20.6. The van der Waals surface area contributed by atoms with Crippen molar-refractivity contribution >= 4 is 29.5 Å². The molecule has 0 atom stereocenters. The maximum Gasteiger partial charge on any atom is 0.407 e. The number of nitro groups is 1. The zero-order chi connectivity index (χ0) is 20.0. The molecule has 11 heteroatoms. The summed E-state index contributed by atoms with van der Waals surface area (Å²) in [4.78, 5) is 34.8. The molecular weight excluding hydrogens is 380 g/mol. The van der Waals surface area contributed by atoms with Gasteiger partial charge in [0, 0.05) is 32.0 Å². The molecule has 1 N–H and O–H groups in total. The van der Waals surface area contributed by atoms with Crippen molar-refractivity contribution in [1.29, 1.82) is 0 Å². The second kappa shape index (κ2) is 9.31. The van der Waals surface area contributed by atoms with Crippen molar-refractivity contribution in [3.63, 3.8) is 0 Å². The van der Waals surface area contributed by atoms with Crippen LogP contribution in [0.4, 0.5) is 10.5 Å². The lowest BCUT2D eigenvalue weighted by molar-refractivity contribution is -0.385. The fraction of sp³-hybridized carbons (Fsp3) is 0.500. The van der Waals surface area contributed by atoms with E-state index in [-0.39, 0.29) is 29.1 Å². The normalized spacial score (nSPS) is 14.5. The Morgan fingerprint density at radius 2 is 2.00 bits per heavy atom. The highest BCUT2D eigenvalue weighted by molar-refractivity contribution is 7.98. The van der Waals surface area contributed by atoms with Gasteiger partial charge in [-0.2, -0.15) is 0 Å². The number of ether oxygens (including phenoxy) is 3. The topological polar surface area (TPSA) is 128 Å². The first-order valence-electron chi connectivity index (χ1n) is 8.04. The molecule has 27 heavy (non-hydrogen) atoms. The molecule has 2 rings (SSSR count). The van der Waals surface area contributed by atoms with Crippen LogP contribution in [0.1, 0.15) is 23.2 Å². The Hall–Kier alpha value is -2.69. The van der Waals surface area contributed by atoms with Gasteiger partial charge in [0.05, 0.1) is 18.1 Å². The average Bonchev–Trinajstić information content (AvgIpc) is 2.66. The number of likely N-dealkylation sites (tertiary alicyclic amines) is 1. The van der Waals surface area contributed by atoms with Crippen molar-refractivity contribution in [1.82, 2.24) is 4.90 Å². The Morgan fingerprint density at radius 1 is 1.33 bits per heavy atom. The van der Waals surface area contributed by atoms with E-state index in [1.165, 1.54) is 22.7 Å². The van der Waals surface area contributed by atoms with Gasteiger partial charge in [-0.15, -0.1) is 11.8 Å². The number of piperidine rings is 1. The van der Waals surface area contributed by atoms with Crippen LogP contribution in [0.3, 0.4) is 0 Å². The maximum absolute atomic E-state index is 11.9. The number of amides is 1. The third-order valence-electron chi connectivity index (χ3n) is 4.00. The number of benzene rings is 1. The Kier molecular flexibility index (Phi) is 7.11. The van der Waals surface area contributed by atoms with Crippen LogP contribution in [0.5, 0.6) is 11.5 Å². The summed E-state index contributed by atoms with van der Waals surface area (Å²) in [6.45, 7) is 0.635. The predicted molar refractivity (Wildman–Crippen MR) is 96.7 cm³/mol. The molecule has 0 saturated carbocycles. The summed E-state index contributed by atoms with van der Waals surface area (Å²) >= 11 is 1.37. The Labute approximate surface area is 159 Å². The fourth-order valence-electron chi connectivity index (χ4n) is 2.65. The molecule has 0 unspecified atom stereocenters. The number of carbonyl (C=O) groups excluding carboxylic acids is 1. The van der Waals surface area contributed by atoms with Crippen LogP contribution in [-0.4, -0.2) is 65.5 Å². The lowest BCUT2D eigenvalue weighted by Gasteiger charge is -2.30. The molecule has 1 aliphatic rings. The number of esters is 1. The summed E-state index contributed by atoms with van der Waals surface area (Å²) in [5, 5.41) is 20.3. The summed E-state index contributed by atoms with van der Waals surface area (Å²) in [6.07, 6.45) is 1.43. The van der Waals surface area contributed by atoms with Gasteiger partial charge in [0.2, 0.25) is 0 Å². The summed E-state index contributed by atoms with van der Waals surface area (Å²) in [5.74, 6) is -0.292. The van der Waals surface area contributed by atoms with Gasteiger partial charge in [-0.05, 0) is 6.26 Å². The largest absolute Gasteiger partial charge is 0.486 e. The number of carbonyl (C=O) groups is 2. The number of nitrogens with zero attached hydrogens (tertiary/aromatic N) is 2. The van der Waals surface area contributed by atoms with E-state index in [0.29, 0.717) is 25.9 Å². The molecule has 1 aromatic rings. The summed E-state index contributed by atoms with van der Waals surface area (Å²) in [6, 6.07) is 2.38. The summed E-state index contributed by atoms with van der Waals surface area (Å²) in [7, 11) is 1.13. The van der Waals surface area contributed by atoms with Crippen molar-refractivity contribution in [3.8, 4) is 11.5 Å². The number of methoxy groups -OCH3 is 1. The van der Waals surface area contributed by atoms with E-state index in [9.17, 15) is 19.7 Å². The Balaban J connectivity index is 2.30. The quantitative estimate of drug-likeness (QED) is 0.318. The standard InChI is InChI=1S/C16H20N2O8S/c1-24-15(19)11-7-14(13(25-9-27-2)8-12(11)18(22)23)26-10-3-5-17(6-4-10)16(20)21/h7-8,10H,3-6,9H2,1-2H3,(H,20,21). The third kappa shape index (κ3) is 5.16. The minimum Gasteiger partial charge on any atom is -0.486 e. The Bertz CT molecular complexity index is 719. The highest BCUT2D eigenvalue weighted by Crippen LogP contribution is 2.37. The highest BCUT2D eigenvalue weighted by Gasteiger charge is 2.28. The number of thioether (sulfide) groups is 1. The van der Waals surface area contributed by atoms with E-state index in [1.54, 1.807) is 6.26 Å². The van der Waals surface area contributed by atoms with E-state index in [2.05, 4.69) is 4.74 Å². The molecule has 10 nitrogen and oxygen atoms in total. The van der Waals surface area contributed by atoms with Gasteiger partial charge < -0.3 is 24.2 Å². The van der Waals surface area contributed by atoms with E-state index < -0.39 is 22.7 Å². The van der Waals surface area contributed by atoms with Crippen molar-refractivity contribution in [2.75, 3.05) is 32.4 Å². The third-order valence-corrected chi connectivity index (χ3v) is 4.36. The maximum atomic E-state index is 11.9. The molecule has 0 aliphatic carbocycles. The van der Waals surface area contributed by atoms with Crippen molar-refractivity contribution in [2.24, 2.45) is 0 Å². The van der Waals surface area contributed by atoms with E-state index >= 15 is 0 Å². The second-order valence-electron chi connectivity index (χ2n) is 5.70. The van der Waals surface area contributed by atoms with Crippen LogP contribution >= 0.6 is 11.8 Å². The molecule has 0 aromatic heterocycles. The van der Waals surface area contributed by atoms with Crippen LogP contribution < -0.4 is 9.47 Å². The molecular formula is C16H20N2O8S. The monoisotopic (exact) mass is 400 g/mol. The minimum atomic E-state index is -0.985. The molecule has 1 aliphatic heterocycles. The van der Waals surface area contributed by atoms with Crippen LogP contribution in [0, 0.1) is 10.1 Å². The van der Waals surface area contributed by atoms with Gasteiger partial charge in [0.1, 0.15) is 17.6 Å². The summed E-state index contributed by atoms with van der Waals surface area (Å²) in [5.41, 5.74) is -0.678. The van der Waals surface area contributed by atoms with Crippen molar-refractivity contribution in [3.05, 3.63) is 27.8 Å². The van der Waals surface area contributed by atoms with Crippen LogP contribution in [-0.2, 0) is 4.74 Å². The second-order valence-corrected chi connectivity index (χ2v) is 6.52. The SMILES string of the molecule is COC(=O)c1cc(OC2CCN(C(=O)O)CC2)c(OCSC)cc1[N+](=O)[O-]. The number of hydrogen-bond acceptors (Lipinski definition) is 8.